The fourth-order valence-electron chi connectivity index (χ4n) is 2.06. The number of carbonyl (C=O) groups excluding carboxylic acids is 2. The zero-order valence-electron chi connectivity index (χ0n) is 12.6. The summed E-state index contributed by atoms with van der Waals surface area (Å²) in [4.78, 5) is 27.2. The smallest absolute Gasteiger partial charge is 0.275 e. The van der Waals surface area contributed by atoms with Crippen LogP contribution in [0.1, 0.15) is 21.0 Å². The van der Waals surface area contributed by atoms with E-state index in [9.17, 15) is 9.59 Å². The van der Waals surface area contributed by atoms with Crippen molar-refractivity contribution in [2.75, 3.05) is 5.32 Å². The number of rotatable bonds is 4. The maximum absolute atomic E-state index is 12.2. The number of hydrogen-bond donors (Lipinski definition) is 2. The SMILES string of the molecule is NC(=O)c1ccn(-c2ccc(NC(=O)c3nc(Cl)ccc3Cl)cc2)n1. The number of nitrogens with one attached hydrogen (secondary N) is 1. The van der Waals surface area contributed by atoms with E-state index < -0.39 is 11.8 Å². The van der Waals surface area contributed by atoms with Crippen molar-refractivity contribution in [1.29, 1.82) is 0 Å². The lowest BCUT2D eigenvalue weighted by Gasteiger charge is -2.07. The number of benzene rings is 1. The minimum absolute atomic E-state index is 0.0384. The second-order valence-electron chi connectivity index (χ2n) is 4.98. The van der Waals surface area contributed by atoms with Gasteiger partial charge < -0.3 is 11.1 Å². The second kappa shape index (κ2) is 6.92. The largest absolute Gasteiger partial charge is 0.364 e. The fraction of sp³-hybridized carbons (Fsp3) is 0. The van der Waals surface area contributed by atoms with Gasteiger partial charge in [0.05, 0.1) is 10.7 Å². The van der Waals surface area contributed by atoms with Crippen LogP contribution in [0.4, 0.5) is 5.69 Å². The molecule has 2 amide bonds. The summed E-state index contributed by atoms with van der Waals surface area (Å²) in [6, 6.07) is 11.3. The molecule has 0 bridgehead atoms. The van der Waals surface area contributed by atoms with Crippen LogP contribution in [0.15, 0.2) is 48.7 Å². The van der Waals surface area contributed by atoms with Gasteiger partial charge in [-0.25, -0.2) is 9.67 Å². The number of carbonyl (C=O) groups is 2. The predicted molar refractivity (Wildman–Crippen MR) is 94.3 cm³/mol. The van der Waals surface area contributed by atoms with E-state index in [1.54, 1.807) is 30.5 Å². The molecule has 25 heavy (non-hydrogen) atoms. The maximum atomic E-state index is 12.2. The number of halogens is 2. The lowest BCUT2D eigenvalue weighted by atomic mass is 10.2. The summed E-state index contributed by atoms with van der Waals surface area (Å²) in [6.45, 7) is 0. The van der Waals surface area contributed by atoms with Crippen LogP contribution in [-0.4, -0.2) is 26.6 Å². The van der Waals surface area contributed by atoms with Crippen molar-refractivity contribution < 1.29 is 9.59 Å². The molecule has 126 valence electrons. The highest BCUT2D eigenvalue weighted by Crippen LogP contribution is 2.19. The molecule has 3 rings (SSSR count). The van der Waals surface area contributed by atoms with Gasteiger partial charge in [0.25, 0.3) is 11.8 Å². The summed E-state index contributed by atoms with van der Waals surface area (Å²) < 4.78 is 1.50. The number of pyridine rings is 1. The van der Waals surface area contributed by atoms with Crippen molar-refractivity contribution in [3.8, 4) is 5.69 Å². The molecule has 0 radical (unpaired) electrons. The summed E-state index contributed by atoms with van der Waals surface area (Å²) in [7, 11) is 0. The zero-order chi connectivity index (χ0) is 18.0. The van der Waals surface area contributed by atoms with E-state index in [0.29, 0.717) is 11.4 Å². The summed E-state index contributed by atoms with van der Waals surface area (Å²) in [5.41, 5.74) is 6.61. The number of hydrogen-bond acceptors (Lipinski definition) is 4. The Balaban J connectivity index is 1.77. The van der Waals surface area contributed by atoms with Gasteiger partial charge in [0, 0.05) is 11.9 Å². The molecule has 0 aliphatic rings. The quantitative estimate of drug-likeness (QED) is 0.684. The molecule has 0 fully saturated rings. The Labute approximate surface area is 152 Å². The standard InChI is InChI=1S/C16H11Cl2N5O2/c17-11-5-6-13(18)21-14(11)16(25)20-9-1-3-10(4-2-9)23-8-7-12(22-23)15(19)24/h1-8H,(H2,19,24)(H,20,25). The topological polar surface area (TPSA) is 103 Å². The number of aromatic nitrogens is 3. The predicted octanol–water partition coefficient (Wildman–Crippen LogP) is 2.93. The highest BCUT2D eigenvalue weighted by Gasteiger charge is 2.13. The third-order valence-electron chi connectivity index (χ3n) is 3.26. The summed E-state index contributed by atoms with van der Waals surface area (Å²) >= 11 is 11.7. The summed E-state index contributed by atoms with van der Waals surface area (Å²) in [6.07, 6.45) is 1.61. The van der Waals surface area contributed by atoms with E-state index in [1.807, 2.05) is 0 Å². The highest BCUT2D eigenvalue weighted by atomic mass is 35.5. The van der Waals surface area contributed by atoms with Gasteiger partial charge in [0.2, 0.25) is 0 Å². The molecule has 0 atom stereocenters. The third-order valence-corrected chi connectivity index (χ3v) is 3.77. The molecule has 2 aromatic heterocycles. The third kappa shape index (κ3) is 3.78. The van der Waals surface area contributed by atoms with E-state index >= 15 is 0 Å². The highest BCUT2D eigenvalue weighted by molar-refractivity contribution is 6.35. The van der Waals surface area contributed by atoms with E-state index in [1.165, 1.54) is 22.9 Å². The fourth-order valence-corrected chi connectivity index (χ4v) is 2.40. The first-order valence-corrected chi connectivity index (χ1v) is 7.79. The molecule has 9 heteroatoms. The molecule has 7 nitrogen and oxygen atoms in total. The van der Waals surface area contributed by atoms with Crippen molar-refractivity contribution in [2.45, 2.75) is 0 Å². The van der Waals surface area contributed by atoms with Crippen molar-refractivity contribution in [3.05, 3.63) is 70.2 Å². The van der Waals surface area contributed by atoms with Crippen LogP contribution < -0.4 is 11.1 Å². The molecular weight excluding hydrogens is 365 g/mol. The molecule has 0 aliphatic heterocycles. The zero-order valence-corrected chi connectivity index (χ0v) is 14.1. The Morgan fingerprint density at radius 1 is 1.04 bits per heavy atom. The number of amides is 2. The Hall–Kier alpha value is -2.90. The molecule has 3 N–H and O–H groups in total. The van der Waals surface area contributed by atoms with Crippen LogP contribution in [0, 0.1) is 0 Å². The molecule has 0 unspecified atom stereocenters. The van der Waals surface area contributed by atoms with Gasteiger partial charge in [-0.05, 0) is 42.5 Å². The van der Waals surface area contributed by atoms with Gasteiger partial charge in [-0.15, -0.1) is 0 Å². The second-order valence-corrected chi connectivity index (χ2v) is 5.77. The molecule has 2 heterocycles. The van der Waals surface area contributed by atoms with Crippen LogP contribution in [0.3, 0.4) is 0 Å². The molecule has 0 spiro atoms. The van der Waals surface area contributed by atoms with Gasteiger partial charge in [0.1, 0.15) is 16.5 Å². The molecule has 1 aromatic carbocycles. The number of anilines is 1. The molecular formula is C16H11Cl2N5O2. The van der Waals surface area contributed by atoms with Crippen molar-refractivity contribution >= 4 is 40.7 Å². The summed E-state index contributed by atoms with van der Waals surface area (Å²) in [5.74, 6) is -1.08. The lowest BCUT2D eigenvalue weighted by molar-refractivity contribution is 0.0992. The van der Waals surface area contributed by atoms with Gasteiger partial charge in [-0.1, -0.05) is 23.2 Å². The van der Waals surface area contributed by atoms with Gasteiger partial charge in [-0.2, -0.15) is 5.10 Å². The number of primary amides is 1. The molecule has 3 aromatic rings. The van der Waals surface area contributed by atoms with Crippen LogP contribution in [0.5, 0.6) is 0 Å². The van der Waals surface area contributed by atoms with Crippen LogP contribution in [0.25, 0.3) is 5.69 Å². The number of nitrogens with two attached hydrogens (primary N) is 1. The average molecular weight is 376 g/mol. The van der Waals surface area contributed by atoms with E-state index in [2.05, 4.69) is 15.4 Å². The van der Waals surface area contributed by atoms with E-state index in [0.717, 1.165) is 0 Å². The van der Waals surface area contributed by atoms with Gasteiger partial charge in [-0.3, -0.25) is 9.59 Å². The Kier molecular flexibility index (Phi) is 4.69. The Bertz CT molecular complexity index is 953. The van der Waals surface area contributed by atoms with Crippen LogP contribution in [-0.2, 0) is 0 Å². The van der Waals surface area contributed by atoms with Crippen molar-refractivity contribution in [2.24, 2.45) is 5.73 Å². The lowest BCUT2D eigenvalue weighted by Crippen LogP contribution is -2.14. The molecule has 0 saturated heterocycles. The average Bonchev–Trinajstić information content (AvgIpc) is 3.08. The van der Waals surface area contributed by atoms with Crippen LogP contribution >= 0.6 is 23.2 Å². The minimum atomic E-state index is -0.603. The van der Waals surface area contributed by atoms with Crippen molar-refractivity contribution in [3.63, 3.8) is 0 Å². The summed E-state index contributed by atoms with van der Waals surface area (Å²) in [5, 5.41) is 7.11. The van der Waals surface area contributed by atoms with Gasteiger partial charge in [0.15, 0.2) is 0 Å². The minimum Gasteiger partial charge on any atom is -0.364 e. The molecule has 0 aliphatic carbocycles. The van der Waals surface area contributed by atoms with E-state index in [-0.39, 0.29) is 21.6 Å². The first kappa shape index (κ1) is 16.9. The first-order chi connectivity index (χ1) is 11.9. The number of nitrogens with zero attached hydrogens (tertiary/aromatic N) is 3. The first-order valence-electron chi connectivity index (χ1n) is 7.03. The van der Waals surface area contributed by atoms with Gasteiger partial charge >= 0.3 is 0 Å². The van der Waals surface area contributed by atoms with E-state index in [4.69, 9.17) is 28.9 Å². The monoisotopic (exact) mass is 375 g/mol. The maximum Gasteiger partial charge on any atom is 0.275 e. The van der Waals surface area contributed by atoms with Crippen LogP contribution in [0.2, 0.25) is 10.2 Å². The molecule has 0 saturated carbocycles. The Morgan fingerprint density at radius 2 is 1.76 bits per heavy atom. The van der Waals surface area contributed by atoms with Crippen molar-refractivity contribution in [1.82, 2.24) is 14.8 Å². The Morgan fingerprint density at radius 3 is 2.40 bits per heavy atom. The normalized spacial score (nSPS) is 10.5.